The highest BCUT2D eigenvalue weighted by atomic mass is 16.6. The molecule has 21 heavy (non-hydrogen) atoms. The Hall–Kier alpha value is -2.38. The van der Waals surface area contributed by atoms with Gasteiger partial charge in [0, 0.05) is 12.3 Å². The van der Waals surface area contributed by atoms with Crippen LogP contribution in [-0.2, 0) is 20.9 Å². The molecule has 0 aliphatic heterocycles. The van der Waals surface area contributed by atoms with Gasteiger partial charge in [-0.2, -0.15) is 0 Å². The summed E-state index contributed by atoms with van der Waals surface area (Å²) < 4.78 is 6.15. The van der Waals surface area contributed by atoms with Crippen LogP contribution in [0.4, 0.5) is 0 Å². The number of nitrogens with zero attached hydrogens (tertiary/aromatic N) is 1. The zero-order valence-electron chi connectivity index (χ0n) is 12.4. The van der Waals surface area contributed by atoms with E-state index in [-0.39, 0.29) is 6.54 Å². The van der Waals surface area contributed by atoms with Crippen molar-refractivity contribution in [1.29, 1.82) is 0 Å². The first-order valence-electron chi connectivity index (χ1n) is 6.40. The normalized spacial score (nSPS) is 12.6. The second-order valence-electron chi connectivity index (χ2n) is 5.56. The summed E-state index contributed by atoms with van der Waals surface area (Å²) in [7, 11) is 0. The number of nitrogens with one attached hydrogen (secondary N) is 2. The molecule has 2 N–H and O–H groups in total. The van der Waals surface area contributed by atoms with E-state index in [9.17, 15) is 19.2 Å². The topological polar surface area (TPSA) is 110 Å². The van der Waals surface area contributed by atoms with Crippen LogP contribution in [0.1, 0.15) is 27.7 Å². The van der Waals surface area contributed by atoms with Gasteiger partial charge in [-0.25, -0.2) is 9.59 Å². The Morgan fingerprint density at radius 1 is 1.38 bits per heavy atom. The molecule has 1 rings (SSSR count). The molecule has 8 heteroatoms. The number of carbonyl (C=O) groups excluding carboxylic acids is 2. The lowest BCUT2D eigenvalue weighted by Gasteiger charge is -2.22. The number of aromatic amines is 1. The molecule has 1 aromatic heterocycles. The van der Waals surface area contributed by atoms with Gasteiger partial charge in [-0.15, -0.1) is 0 Å². The molecule has 0 aliphatic rings. The number of carbonyl (C=O) groups is 2. The van der Waals surface area contributed by atoms with Crippen LogP contribution < -0.4 is 16.6 Å². The van der Waals surface area contributed by atoms with Crippen molar-refractivity contribution in [1.82, 2.24) is 14.9 Å². The summed E-state index contributed by atoms with van der Waals surface area (Å²) in [6.07, 6.45) is 1.21. The maximum Gasteiger partial charge on any atom is 0.328 e. The van der Waals surface area contributed by atoms with Crippen LogP contribution in [-0.4, -0.2) is 33.1 Å². The van der Waals surface area contributed by atoms with E-state index in [1.165, 1.54) is 13.1 Å². The molecule has 0 fully saturated rings. The van der Waals surface area contributed by atoms with Crippen LogP contribution >= 0.6 is 0 Å². The van der Waals surface area contributed by atoms with E-state index < -0.39 is 34.8 Å². The smallest absolute Gasteiger partial charge is 0.328 e. The quantitative estimate of drug-likeness (QED) is 0.720. The fourth-order valence-electron chi connectivity index (χ4n) is 1.46. The average molecular weight is 297 g/mol. The predicted molar refractivity (Wildman–Crippen MR) is 74.8 cm³/mol. The zero-order valence-corrected chi connectivity index (χ0v) is 12.4. The van der Waals surface area contributed by atoms with Gasteiger partial charge in [0.25, 0.3) is 5.56 Å². The number of H-pyrrole nitrogens is 1. The Kier molecular flexibility index (Phi) is 5.07. The van der Waals surface area contributed by atoms with Crippen molar-refractivity contribution in [2.45, 2.75) is 45.9 Å². The molecule has 0 aliphatic carbocycles. The molecule has 1 aromatic rings. The lowest BCUT2D eigenvalue weighted by atomic mass is 10.2. The summed E-state index contributed by atoms with van der Waals surface area (Å²) in [5.74, 6) is -1.10. The minimum absolute atomic E-state index is 0.303. The monoisotopic (exact) mass is 297 g/mol. The first-order valence-corrected chi connectivity index (χ1v) is 6.40. The van der Waals surface area contributed by atoms with E-state index in [4.69, 9.17) is 4.74 Å². The van der Waals surface area contributed by atoms with Gasteiger partial charge in [0.15, 0.2) is 0 Å². The molecule has 8 nitrogen and oxygen atoms in total. The Morgan fingerprint density at radius 3 is 2.52 bits per heavy atom. The number of esters is 1. The van der Waals surface area contributed by atoms with Crippen LogP contribution in [0.2, 0.25) is 0 Å². The van der Waals surface area contributed by atoms with E-state index >= 15 is 0 Å². The van der Waals surface area contributed by atoms with Crippen molar-refractivity contribution in [2.24, 2.45) is 0 Å². The van der Waals surface area contributed by atoms with Crippen LogP contribution in [0.15, 0.2) is 21.9 Å². The average Bonchev–Trinajstić information content (AvgIpc) is 2.30. The highest BCUT2D eigenvalue weighted by Gasteiger charge is 2.23. The van der Waals surface area contributed by atoms with Gasteiger partial charge in [-0.3, -0.25) is 19.1 Å². The fraction of sp³-hybridized carbons (Fsp3) is 0.538. The van der Waals surface area contributed by atoms with Gasteiger partial charge in [0.2, 0.25) is 5.91 Å². The molecule has 0 spiro atoms. The summed E-state index contributed by atoms with van der Waals surface area (Å²) >= 11 is 0. The molecule has 0 saturated heterocycles. The van der Waals surface area contributed by atoms with Crippen LogP contribution in [0, 0.1) is 0 Å². The van der Waals surface area contributed by atoms with Gasteiger partial charge in [0.05, 0.1) is 0 Å². The number of amides is 1. The first-order chi connectivity index (χ1) is 9.58. The fourth-order valence-corrected chi connectivity index (χ4v) is 1.46. The van der Waals surface area contributed by atoms with E-state index in [1.54, 1.807) is 20.8 Å². The zero-order chi connectivity index (χ0) is 16.2. The van der Waals surface area contributed by atoms with Crippen molar-refractivity contribution < 1.29 is 14.3 Å². The van der Waals surface area contributed by atoms with Gasteiger partial charge >= 0.3 is 11.7 Å². The largest absolute Gasteiger partial charge is 0.458 e. The molecule has 1 heterocycles. The Labute approximate surface area is 121 Å². The second-order valence-corrected chi connectivity index (χ2v) is 5.56. The van der Waals surface area contributed by atoms with Crippen molar-refractivity contribution >= 4 is 11.9 Å². The van der Waals surface area contributed by atoms with Gasteiger partial charge < -0.3 is 10.1 Å². The first kappa shape index (κ1) is 16.7. The summed E-state index contributed by atoms with van der Waals surface area (Å²) in [4.78, 5) is 47.8. The molecule has 0 bridgehead atoms. The SMILES string of the molecule is C[C@@H](NC(=O)Cn1ccc(=O)[nH]c1=O)C(=O)OC(C)(C)C. The van der Waals surface area contributed by atoms with E-state index in [0.29, 0.717) is 0 Å². The number of ether oxygens (including phenoxy) is 1. The molecule has 0 radical (unpaired) electrons. The van der Waals surface area contributed by atoms with Gasteiger partial charge in [0.1, 0.15) is 18.2 Å². The third kappa shape index (κ3) is 5.64. The molecule has 116 valence electrons. The Balaban J connectivity index is 2.63. The summed E-state index contributed by atoms with van der Waals surface area (Å²) in [6, 6.07) is 0.293. The molecule has 0 saturated carbocycles. The van der Waals surface area contributed by atoms with Gasteiger partial charge in [-0.1, -0.05) is 0 Å². The van der Waals surface area contributed by atoms with Gasteiger partial charge in [-0.05, 0) is 27.7 Å². The lowest BCUT2D eigenvalue weighted by molar-refractivity contribution is -0.158. The van der Waals surface area contributed by atoms with Crippen LogP contribution in [0.5, 0.6) is 0 Å². The summed E-state index contributed by atoms with van der Waals surface area (Å²) in [5, 5.41) is 2.43. The third-order valence-corrected chi connectivity index (χ3v) is 2.35. The molecule has 1 atom stereocenters. The number of hydrogen-bond donors (Lipinski definition) is 2. The van der Waals surface area contributed by atoms with Crippen molar-refractivity contribution in [3.63, 3.8) is 0 Å². The predicted octanol–water partition coefficient (Wildman–Crippen LogP) is -0.617. The standard InChI is InChI=1S/C13H19N3O5/c1-8(11(19)21-13(2,3)4)14-10(18)7-16-6-5-9(17)15-12(16)20/h5-6,8H,7H2,1-4H3,(H,14,18)(H,15,17,20)/t8-/m1/s1. The minimum atomic E-state index is -0.838. The highest BCUT2D eigenvalue weighted by molar-refractivity contribution is 5.84. The van der Waals surface area contributed by atoms with Crippen LogP contribution in [0.3, 0.4) is 0 Å². The Morgan fingerprint density at radius 2 is 2.00 bits per heavy atom. The highest BCUT2D eigenvalue weighted by Crippen LogP contribution is 2.08. The molecular formula is C13H19N3O5. The van der Waals surface area contributed by atoms with Crippen molar-refractivity contribution in [2.75, 3.05) is 0 Å². The molecule has 1 amide bonds. The van der Waals surface area contributed by atoms with Crippen LogP contribution in [0.25, 0.3) is 0 Å². The number of rotatable bonds is 4. The van der Waals surface area contributed by atoms with E-state index in [0.717, 1.165) is 10.6 Å². The Bertz CT molecular complexity index is 638. The number of hydrogen-bond acceptors (Lipinski definition) is 5. The second kappa shape index (κ2) is 6.38. The van der Waals surface area contributed by atoms with E-state index in [2.05, 4.69) is 5.32 Å². The molecular weight excluding hydrogens is 278 g/mol. The molecule has 0 unspecified atom stereocenters. The third-order valence-electron chi connectivity index (χ3n) is 2.35. The maximum absolute atomic E-state index is 11.8. The number of aromatic nitrogens is 2. The van der Waals surface area contributed by atoms with Crippen molar-refractivity contribution in [3.8, 4) is 0 Å². The van der Waals surface area contributed by atoms with E-state index in [1.807, 2.05) is 4.98 Å². The van der Waals surface area contributed by atoms with Crippen molar-refractivity contribution in [3.05, 3.63) is 33.1 Å². The summed E-state index contributed by atoms with van der Waals surface area (Å²) in [5.41, 5.74) is -1.88. The summed E-state index contributed by atoms with van der Waals surface area (Å²) in [6.45, 7) is 6.35. The molecule has 0 aromatic carbocycles. The maximum atomic E-state index is 11.8. The minimum Gasteiger partial charge on any atom is -0.458 e. The lowest BCUT2D eigenvalue weighted by Crippen LogP contribution is -2.44.